The van der Waals surface area contributed by atoms with Crippen LogP contribution >= 0.6 is 15.9 Å². The minimum Gasteiger partial charge on any atom is -0.497 e. The van der Waals surface area contributed by atoms with Crippen molar-refractivity contribution < 1.29 is 14.3 Å². The molecule has 0 spiro atoms. The number of carbonyl (C=O) groups is 1. The summed E-state index contributed by atoms with van der Waals surface area (Å²) in [5.74, 6) is 0.620. The Morgan fingerprint density at radius 1 is 1.38 bits per heavy atom. The first kappa shape index (κ1) is 13.0. The maximum absolute atomic E-state index is 11.2. The van der Waals surface area contributed by atoms with Crippen molar-refractivity contribution >= 4 is 21.9 Å². The molecule has 0 aliphatic heterocycles. The fraction of sp³-hybridized carbons (Fsp3) is 0.417. The molecule has 0 aliphatic rings. The molecule has 1 aromatic rings. The van der Waals surface area contributed by atoms with Crippen LogP contribution in [0.2, 0.25) is 0 Å². The van der Waals surface area contributed by atoms with Gasteiger partial charge in [-0.25, -0.2) is 0 Å². The van der Waals surface area contributed by atoms with Crippen LogP contribution < -0.4 is 4.74 Å². The normalized spacial score (nSPS) is 9.94. The van der Waals surface area contributed by atoms with Gasteiger partial charge in [-0.2, -0.15) is 0 Å². The molecule has 1 aromatic carbocycles. The second-order valence-electron chi connectivity index (χ2n) is 3.30. The number of ether oxygens (including phenoxy) is 2. The Balaban J connectivity index is 2.59. The molecule has 0 heterocycles. The molecule has 0 amide bonds. The van der Waals surface area contributed by atoms with Crippen molar-refractivity contribution in [3.05, 3.63) is 28.2 Å². The lowest BCUT2D eigenvalue weighted by atomic mass is 10.1. The number of benzene rings is 1. The Hall–Kier alpha value is -1.03. The summed E-state index contributed by atoms with van der Waals surface area (Å²) >= 11 is 3.40. The number of hydrogen-bond acceptors (Lipinski definition) is 3. The van der Waals surface area contributed by atoms with Gasteiger partial charge in [-0.1, -0.05) is 15.9 Å². The highest BCUT2D eigenvalue weighted by Crippen LogP contribution is 2.22. The molecule has 16 heavy (non-hydrogen) atoms. The molecular formula is C12H15BrO3. The van der Waals surface area contributed by atoms with Crippen molar-refractivity contribution in [3.8, 4) is 5.75 Å². The number of esters is 1. The van der Waals surface area contributed by atoms with Gasteiger partial charge in [-0.3, -0.25) is 4.79 Å². The Labute approximate surface area is 104 Å². The summed E-state index contributed by atoms with van der Waals surface area (Å²) in [6, 6.07) is 5.78. The van der Waals surface area contributed by atoms with E-state index in [0.717, 1.165) is 15.8 Å². The number of carbonyl (C=O) groups excluding carboxylic acids is 1. The zero-order valence-corrected chi connectivity index (χ0v) is 11.0. The Kier molecular flexibility index (Phi) is 5.32. The predicted octanol–water partition coefficient (Wildman–Crippen LogP) is 2.95. The zero-order chi connectivity index (χ0) is 12.0. The smallest absolute Gasteiger partial charge is 0.306 e. The van der Waals surface area contributed by atoms with Crippen molar-refractivity contribution in [2.24, 2.45) is 0 Å². The highest BCUT2D eigenvalue weighted by molar-refractivity contribution is 9.10. The molecule has 0 unspecified atom stereocenters. The molecule has 1 rings (SSSR count). The highest BCUT2D eigenvalue weighted by atomic mass is 79.9. The van der Waals surface area contributed by atoms with Gasteiger partial charge in [0.1, 0.15) is 5.75 Å². The Morgan fingerprint density at radius 3 is 2.75 bits per heavy atom. The topological polar surface area (TPSA) is 35.5 Å². The molecule has 0 aromatic heterocycles. The first-order valence-corrected chi connectivity index (χ1v) is 5.94. The summed E-state index contributed by atoms with van der Waals surface area (Å²) in [6.45, 7) is 2.24. The third-order valence-corrected chi connectivity index (χ3v) is 2.55. The Bertz CT molecular complexity index is 363. The van der Waals surface area contributed by atoms with E-state index in [4.69, 9.17) is 9.47 Å². The van der Waals surface area contributed by atoms with Crippen molar-refractivity contribution in [2.75, 3.05) is 13.7 Å². The lowest BCUT2D eigenvalue weighted by Gasteiger charge is -2.06. The average molecular weight is 287 g/mol. The van der Waals surface area contributed by atoms with Crippen LogP contribution in [0.15, 0.2) is 22.7 Å². The van der Waals surface area contributed by atoms with E-state index in [0.29, 0.717) is 19.4 Å². The van der Waals surface area contributed by atoms with Gasteiger partial charge in [-0.15, -0.1) is 0 Å². The molecular weight excluding hydrogens is 272 g/mol. The number of methoxy groups -OCH3 is 1. The third kappa shape index (κ3) is 4.23. The summed E-state index contributed by atoms with van der Waals surface area (Å²) < 4.78 is 11.0. The maximum Gasteiger partial charge on any atom is 0.306 e. The van der Waals surface area contributed by atoms with Gasteiger partial charge in [0.05, 0.1) is 13.7 Å². The van der Waals surface area contributed by atoms with Crippen LogP contribution in [-0.2, 0) is 16.0 Å². The number of hydrogen-bond donors (Lipinski definition) is 0. The summed E-state index contributed by atoms with van der Waals surface area (Å²) in [6.07, 6.45) is 1.06. The van der Waals surface area contributed by atoms with Gasteiger partial charge in [0.25, 0.3) is 0 Å². The van der Waals surface area contributed by atoms with E-state index in [9.17, 15) is 4.79 Å². The van der Waals surface area contributed by atoms with Crippen LogP contribution in [0.1, 0.15) is 18.9 Å². The maximum atomic E-state index is 11.2. The first-order valence-electron chi connectivity index (χ1n) is 5.14. The summed E-state index contributed by atoms with van der Waals surface area (Å²) in [7, 11) is 1.62. The SMILES string of the molecule is CCOC(=O)CCc1cc(Br)cc(OC)c1. The average Bonchev–Trinajstić information content (AvgIpc) is 2.26. The molecule has 0 radical (unpaired) electrons. The van der Waals surface area contributed by atoms with E-state index in [1.54, 1.807) is 14.0 Å². The van der Waals surface area contributed by atoms with Gasteiger partial charge in [0, 0.05) is 10.9 Å². The van der Waals surface area contributed by atoms with E-state index in [2.05, 4.69) is 15.9 Å². The van der Waals surface area contributed by atoms with Gasteiger partial charge >= 0.3 is 5.97 Å². The van der Waals surface area contributed by atoms with E-state index in [1.807, 2.05) is 18.2 Å². The van der Waals surface area contributed by atoms with Crippen LogP contribution in [0.25, 0.3) is 0 Å². The Morgan fingerprint density at radius 2 is 2.12 bits per heavy atom. The monoisotopic (exact) mass is 286 g/mol. The van der Waals surface area contributed by atoms with E-state index in [1.165, 1.54) is 0 Å². The molecule has 0 aliphatic carbocycles. The molecule has 0 saturated heterocycles. The summed E-state index contributed by atoms with van der Waals surface area (Å²) in [5, 5.41) is 0. The van der Waals surface area contributed by atoms with Gasteiger partial charge in [0.2, 0.25) is 0 Å². The molecule has 88 valence electrons. The van der Waals surface area contributed by atoms with Crippen molar-refractivity contribution in [1.29, 1.82) is 0 Å². The first-order chi connectivity index (χ1) is 7.65. The third-order valence-electron chi connectivity index (χ3n) is 2.09. The van der Waals surface area contributed by atoms with Gasteiger partial charge in [-0.05, 0) is 37.1 Å². The quantitative estimate of drug-likeness (QED) is 0.781. The number of aryl methyl sites for hydroxylation is 1. The number of rotatable bonds is 5. The van der Waals surface area contributed by atoms with Crippen molar-refractivity contribution in [1.82, 2.24) is 0 Å². The molecule has 4 heteroatoms. The van der Waals surface area contributed by atoms with Crippen molar-refractivity contribution in [2.45, 2.75) is 19.8 Å². The highest BCUT2D eigenvalue weighted by Gasteiger charge is 2.04. The molecule has 0 atom stereocenters. The molecule has 0 bridgehead atoms. The number of halogens is 1. The van der Waals surface area contributed by atoms with Crippen LogP contribution in [0.5, 0.6) is 5.75 Å². The lowest BCUT2D eigenvalue weighted by molar-refractivity contribution is -0.143. The second kappa shape index (κ2) is 6.53. The molecule has 0 N–H and O–H groups in total. The van der Waals surface area contributed by atoms with Gasteiger partial charge in [0.15, 0.2) is 0 Å². The van der Waals surface area contributed by atoms with Crippen LogP contribution in [0, 0.1) is 0 Å². The minimum absolute atomic E-state index is 0.165. The summed E-state index contributed by atoms with van der Waals surface area (Å²) in [5.41, 5.74) is 1.05. The van der Waals surface area contributed by atoms with E-state index in [-0.39, 0.29) is 5.97 Å². The van der Waals surface area contributed by atoms with Gasteiger partial charge < -0.3 is 9.47 Å². The fourth-order valence-electron chi connectivity index (χ4n) is 1.36. The van der Waals surface area contributed by atoms with Crippen LogP contribution in [0.3, 0.4) is 0 Å². The predicted molar refractivity (Wildman–Crippen MR) is 65.6 cm³/mol. The fourth-order valence-corrected chi connectivity index (χ4v) is 1.88. The standard InChI is InChI=1S/C12H15BrO3/c1-3-16-12(14)5-4-9-6-10(13)8-11(7-9)15-2/h6-8H,3-5H2,1-2H3. The molecule has 0 saturated carbocycles. The lowest BCUT2D eigenvalue weighted by Crippen LogP contribution is -2.05. The van der Waals surface area contributed by atoms with Crippen LogP contribution in [0.4, 0.5) is 0 Å². The van der Waals surface area contributed by atoms with Crippen LogP contribution in [-0.4, -0.2) is 19.7 Å². The second-order valence-corrected chi connectivity index (χ2v) is 4.22. The summed E-state index contributed by atoms with van der Waals surface area (Å²) in [4.78, 5) is 11.2. The largest absolute Gasteiger partial charge is 0.497 e. The van der Waals surface area contributed by atoms with E-state index >= 15 is 0 Å². The van der Waals surface area contributed by atoms with E-state index < -0.39 is 0 Å². The van der Waals surface area contributed by atoms with Crippen molar-refractivity contribution in [3.63, 3.8) is 0 Å². The molecule has 0 fully saturated rings. The minimum atomic E-state index is -0.165. The zero-order valence-electron chi connectivity index (χ0n) is 9.46. The molecule has 3 nitrogen and oxygen atoms in total.